The van der Waals surface area contributed by atoms with Crippen molar-refractivity contribution in [3.8, 4) is 11.3 Å². The van der Waals surface area contributed by atoms with Crippen LogP contribution in [0.25, 0.3) is 22.3 Å². The van der Waals surface area contributed by atoms with Crippen molar-refractivity contribution in [2.24, 2.45) is 0 Å². The van der Waals surface area contributed by atoms with Gasteiger partial charge in [-0.15, -0.1) is 0 Å². The summed E-state index contributed by atoms with van der Waals surface area (Å²) in [6.45, 7) is 1.75. The van der Waals surface area contributed by atoms with Crippen molar-refractivity contribution in [2.45, 2.75) is 6.92 Å². The Hall–Kier alpha value is -3.02. The topological polar surface area (TPSA) is 67.5 Å². The molecule has 116 valence electrons. The lowest BCUT2D eigenvalue weighted by Crippen LogP contribution is -2.16. The molecule has 0 amide bonds. The summed E-state index contributed by atoms with van der Waals surface area (Å²) in [6, 6.07) is 7.53. The zero-order valence-corrected chi connectivity index (χ0v) is 11.9. The number of aromatic carboxylic acids is 1. The Kier molecular flexibility index (Phi) is 3.44. The standard InChI is InChI=1S/C17H10F2O4/c1-8-2-5-13-10(6-8)15(20)14(17(21)22)16(23-13)9-3-4-11(18)12(19)7-9/h2-7H,1H3,(H,21,22). The van der Waals surface area contributed by atoms with Crippen LogP contribution in [0.5, 0.6) is 0 Å². The van der Waals surface area contributed by atoms with Crippen LogP contribution in [0.1, 0.15) is 15.9 Å². The zero-order chi connectivity index (χ0) is 16.7. The number of benzene rings is 2. The van der Waals surface area contributed by atoms with Crippen LogP contribution in [-0.4, -0.2) is 11.1 Å². The van der Waals surface area contributed by atoms with Crippen molar-refractivity contribution >= 4 is 16.9 Å². The van der Waals surface area contributed by atoms with E-state index in [1.807, 2.05) is 0 Å². The predicted octanol–water partition coefficient (Wildman–Crippen LogP) is 3.74. The van der Waals surface area contributed by atoms with E-state index in [1.54, 1.807) is 13.0 Å². The van der Waals surface area contributed by atoms with Gasteiger partial charge in [-0.3, -0.25) is 4.79 Å². The lowest BCUT2D eigenvalue weighted by molar-refractivity contribution is 0.0694. The molecule has 0 saturated carbocycles. The quantitative estimate of drug-likeness (QED) is 0.782. The molecule has 3 aromatic rings. The molecule has 4 nitrogen and oxygen atoms in total. The number of hydrogen-bond donors (Lipinski definition) is 1. The van der Waals surface area contributed by atoms with Gasteiger partial charge in [0.1, 0.15) is 5.58 Å². The minimum atomic E-state index is -1.50. The second kappa shape index (κ2) is 5.31. The fourth-order valence-electron chi connectivity index (χ4n) is 2.34. The number of aryl methyl sites for hydroxylation is 1. The summed E-state index contributed by atoms with van der Waals surface area (Å²) >= 11 is 0. The third-order valence-corrected chi connectivity index (χ3v) is 3.44. The first kappa shape index (κ1) is 14.9. The third-order valence-electron chi connectivity index (χ3n) is 3.44. The highest BCUT2D eigenvalue weighted by atomic mass is 19.2. The van der Waals surface area contributed by atoms with Crippen molar-refractivity contribution in [3.05, 3.63) is 69.4 Å². The van der Waals surface area contributed by atoms with Crippen molar-refractivity contribution < 1.29 is 23.1 Å². The summed E-state index contributed by atoms with van der Waals surface area (Å²) in [7, 11) is 0. The molecule has 0 bridgehead atoms. The maximum atomic E-state index is 13.4. The van der Waals surface area contributed by atoms with Gasteiger partial charge in [0.15, 0.2) is 23.0 Å². The van der Waals surface area contributed by atoms with Gasteiger partial charge in [0.25, 0.3) is 0 Å². The van der Waals surface area contributed by atoms with Crippen LogP contribution in [0.15, 0.2) is 45.6 Å². The minimum Gasteiger partial charge on any atom is -0.477 e. The zero-order valence-electron chi connectivity index (χ0n) is 11.9. The van der Waals surface area contributed by atoms with Crippen LogP contribution < -0.4 is 5.43 Å². The molecule has 1 heterocycles. The van der Waals surface area contributed by atoms with E-state index in [0.29, 0.717) is 0 Å². The normalized spacial score (nSPS) is 10.9. The van der Waals surface area contributed by atoms with Crippen molar-refractivity contribution in [3.63, 3.8) is 0 Å². The second-order valence-corrected chi connectivity index (χ2v) is 5.07. The Morgan fingerprint density at radius 1 is 1.09 bits per heavy atom. The van der Waals surface area contributed by atoms with Gasteiger partial charge in [-0.25, -0.2) is 13.6 Å². The van der Waals surface area contributed by atoms with Gasteiger partial charge in [0, 0.05) is 5.56 Å². The monoisotopic (exact) mass is 316 g/mol. The first-order chi connectivity index (χ1) is 10.9. The Morgan fingerprint density at radius 2 is 1.83 bits per heavy atom. The minimum absolute atomic E-state index is 0.0270. The van der Waals surface area contributed by atoms with E-state index < -0.39 is 28.6 Å². The molecule has 1 aromatic heterocycles. The van der Waals surface area contributed by atoms with Gasteiger partial charge in [-0.05, 0) is 37.3 Å². The van der Waals surface area contributed by atoms with E-state index in [1.165, 1.54) is 12.1 Å². The van der Waals surface area contributed by atoms with Gasteiger partial charge in [0.05, 0.1) is 5.39 Å². The molecule has 0 aliphatic heterocycles. The summed E-state index contributed by atoms with van der Waals surface area (Å²) < 4.78 is 32.0. The maximum absolute atomic E-state index is 13.4. The van der Waals surface area contributed by atoms with Gasteiger partial charge in [-0.2, -0.15) is 0 Å². The third kappa shape index (κ3) is 2.48. The summed E-state index contributed by atoms with van der Waals surface area (Å²) in [5, 5.41) is 9.45. The Labute approximate surface area is 128 Å². The van der Waals surface area contributed by atoms with Gasteiger partial charge in [0.2, 0.25) is 5.43 Å². The predicted molar refractivity (Wildman–Crippen MR) is 79.5 cm³/mol. The van der Waals surface area contributed by atoms with Gasteiger partial charge >= 0.3 is 5.97 Å². The van der Waals surface area contributed by atoms with E-state index in [0.717, 1.165) is 23.8 Å². The highest BCUT2D eigenvalue weighted by Gasteiger charge is 2.22. The summed E-state index contributed by atoms with van der Waals surface area (Å²) in [6.07, 6.45) is 0. The van der Waals surface area contributed by atoms with Crippen LogP contribution in [0, 0.1) is 18.6 Å². The largest absolute Gasteiger partial charge is 0.477 e. The SMILES string of the molecule is Cc1ccc2oc(-c3ccc(F)c(F)c3)c(C(=O)O)c(=O)c2c1. The van der Waals surface area contributed by atoms with Crippen molar-refractivity contribution in [1.82, 2.24) is 0 Å². The molecule has 0 aliphatic carbocycles. The first-order valence-electron chi connectivity index (χ1n) is 6.64. The van der Waals surface area contributed by atoms with E-state index in [2.05, 4.69) is 0 Å². The van der Waals surface area contributed by atoms with E-state index in [-0.39, 0.29) is 22.3 Å². The Morgan fingerprint density at radius 3 is 2.48 bits per heavy atom. The summed E-state index contributed by atoms with van der Waals surface area (Å²) in [5.74, 6) is -4.05. The molecule has 6 heteroatoms. The molecule has 0 aliphatic rings. The van der Waals surface area contributed by atoms with Crippen LogP contribution in [-0.2, 0) is 0 Å². The van der Waals surface area contributed by atoms with Gasteiger partial charge in [-0.1, -0.05) is 11.6 Å². The molecule has 0 radical (unpaired) electrons. The second-order valence-electron chi connectivity index (χ2n) is 5.07. The number of carbonyl (C=O) groups is 1. The Balaban J connectivity index is 2.42. The number of carboxylic acids is 1. The van der Waals surface area contributed by atoms with Gasteiger partial charge < -0.3 is 9.52 Å². The molecule has 0 saturated heterocycles. The number of rotatable bonds is 2. The van der Waals surface area contributed by atoms with Crippen molar-refractivity contribution in [1.29, 1.82) is 0 Å². The molecule has 23 heavy (non-hydrogen) atoms. The Bertz CT molecular complexity index is 1010. The van der Waals surface area contributed by atoms with E-state index >= 15 is 0 Å². The van der Waals surface area contributed by atoms with E-state index in [4.69, 9.17) is 4.42 Å². The number of fused-ring (bicyclic) bond motifs is 1. The number of hydrogen-bond acceptors (Lipinski definition) is 3. The molecule has 2 aromatic carbocycles. The fraction of sp³-hybridized carbons (Fsp3) is 0.0588. The lowest BCUT2D eigenvalue weighted by Gasteiger charge is -2.08. The van der Waals surface area contributed by atoms with E-state index in [9.17, 15) is 23.5 Å². The fourth-order valence-corrected chi connectivity index (χ4v) is 2.34. The molecular formula is C17H10F2O4. The molecule has 3 rings (SSSR count). The molecule has 0 unspecified atom stereocenters. The maximum Gasteiger partial charge on any atom is 0.343 e. The first-order valence-corrected chi connectivity index (χ1v) is 6.64. The molecular weight excluding hydrogens is 306 g/mol. The number of carboxylic acid groups (broad SMARTS) is 1. The molecule has 0 spiro atoms. The lowest BCUT2D eigenvalue weighted by atomic mass is 10.0. The average Bonchev–Trinajstić information content (AvgIpc) is 2.50. The summed E-state index contributed by atoms with van der Waals surface area (Å²) in [4.78, 5) is 23.9. The molecule has 0 atom stereocenters. The van der Waals surface area contributed by atoms with Crippen LogP contribution in [0.3, 0.4) is 0 Å². The number of halogens is 2. The van der Waals surface area contributed by atoms with Crippen LogP contribution >= 0.6 is 0 Å². The average molecular weight is 316 g/mol. The van der Waals surface area contributed by atoms with Crippen molar-refractivity contribution in [2.75, 3.05) is 0 Å². The summed E-state index contributed by atoms with van der Waals surface area (Å²) in [5.41, 5.74) is -0.441. The molecule has 0 fully saturated rings. The highest BCUT2D eigenvalue weighted by Crippen LogP contribution is 2.27. The van der Waals surface area contributed by atoms with Crippen LogP contribution in [0.2, 0.25) is 0 Å². The highest BCUT2D eigenvalue weighted by molar-refractivity contribution is 5.98. The molecule has 1 N–H and O–H groups in total. The van der Waals surface area contributed by atoms with Crippen LogP contribution in [0.4, 0.5) is 8.78 Å². The smallest absolute Gasteiger partial charge is 0.343 e.